The van der Waals surface area contributed by atoms with Crippen LogP contribution in [0, 0.1) is 0 Å². The quantitative estimate of drug-likeness (QED) is 0.257. The van der Waals surface area contributed by atoms with Crippen LogP contribution in [0.3, 0.4) is 0 Å². The lowest BCUT2D eigenvalue weighted by Crippen LogP contribution is -2.25. The fourth-order valence-electron chi connectivity index (χ4n) is 1.98. The summed E-state index contributed by atoms with van der Waals surface area (Å²) >= 11 is 0. The number of Topliss-reactive ketones (excluding diaryl/α,β-unsaturated/α-hetero) is 2. The molecular formula is C19H17NO4. The Labute approximate surface area is 139 Å². The highest BCUT2D eigenvalue weighted by Crippen LogP contribution is 2.09. The molecular weight excluding hydrogens is 306 g/mol. The fraction of sp³-hybridized carbons (Fsp3) is 0.158. The molecule has 0 aliphatic rings. The molecule has 0 fully saturated rings. The molecule has 5 nitrogen and oxygen atoms in total. The van der Waals surface area contributed by atoms with Crippen molar-refractivity contribution in [2.45, 2.75) is 19.8 Å². The standard InChI is InChI=1S/C19H17NO4/c1-2-9-16(21)24-20-17(18(22)14-10-5-3-6-11-14)19(23)15-12-7-4-8-13-15/h3-8,10-13H,2,9H2,1H3. The van der Waals surface area contributed by atoms with Gasteiger partial charge in [-0.05, 0) is 6.42 Å². The fourth-order valence-corrected chi connectivity index (χ4v) is 1.98. The summed E-state index contributed by atoms with van der Waals surface area (Å²) in [5, 5.41) is 3.56. The molecule has 0 unspecified atom stereocenters. The van der Waals surface area contributed by atoms with E-state index in [4.69, 9.17) is 4.84 Å². The first kappa shape index (κ1) is 17.3. The van der Waals surface area contributed by atoms with E-state index in [0.29, 0.717) is 17.5 Å². The Hall–Kier alpha value is -3.08. The Morgan fingerprint density at radius 1 is 0.833 bits per heavy atom. The van der Waals surface area contributed by atoms with Gasteiger partial charge in [0.1, 0.15) is 0 Å². The van der Waals surface area contributed by atoms with E-state index in [1.165, 1.54) is 0 Å². The van der Waals surface area contributed by atoms with Crippen molar-refractivity contribution in [1.82, 2.24) is 0 Å². The number of carbonyl (C=O) groups excluding carboxylic acids is 3. The maximum absolute atomic E-state index is 12.6. The summed E-state index contributed by atoms with van der Waals surface area (Å²) in [7, 11) is 0. The number of oxime groups is 1. The zero-order valence-corrected chi connectivity index (χ0v) is 13.3. The van der Waals surface area contributed by atoms with Crippen LogP contribution in [0.15, 0.2) is 65.8 Å². The number of nitrogens with zero attached hydrogens (tertiary/aromatic N) is 1. The molecule has 122 valence electrons. The highest BCUT2D eigenvalue weighted by Gasteiger charge is 2.24. The molecule has 0 amide bonds. The predicted octanol–water partition coefficient (Wildman–Crippen LogP) is 3.45. The Kier molecular flexibility index (Phi) is 6.14. The lowest BCUT2D eigenvalue weighted by molar-refractivity contribution is -0.143. The normalized spacial score (nSPS) is 9.88. The summed E-state index contributed by atoms with van der Waals surface area (Å²) in [6.07, 6.45) is 0.749. The van der Waals surface area contributed by atoms with Crippen molar-refractivity contribution >= 4 is 23.2 Å². The first-order chi connectivity index (χ1) is 11.6. The largest absolute Gasteiger partial charge is 0.335 e. The molecule has 2 aromatic rings. The van der Waals surface area contributed by atoms with Gasteiger partial charge in [-0.1, -0.05) is 72.7 Å². The zero-order valence-electron chi connectivity index (χ0n) is 13.3. The van der Waals surface area contributed by atoms with Gasteiger partial charge in [-0.15, -0.1) is 0 Å². The molecule has 0 aliphatic carbocycles. The van der Waals surface area contributed by atoms with Crippen molar-refractivity contribution in [3.63, 3.8) is 0 Å². The van der Waals surface area contributed by atoms with Gasteiger partial charge in [0.25, 0.3) is 0 Å². The zero-order chi connectivity index (χ0) is 17.4. The van der Waals surface area contributed by atoms with Crippen LogP contribution >= 0.6 is 0 Å². The van der Waals surface area contributed by atoms with E-state index in [0.717, 1.165) is 0 Å². The highest BCUT2D eigenvalue weighted by atomic mass is 16.7. The monoisotopic (exact) mass is 323 g/mol. The minimum atomic E-state index is -0.589. The summed E-state index contributed by atoms with van der Waals surface area (Å²) in [6, 6.07) is 16.5. The Morgan fingerprint density at radius 2 is 1.29 bits per heavy atom. The summed E-state index contributed by atoms with van der Waals surface area (Å²) in [5.74, 6) is -1.76. The minimum absolute atomic E-state index is 0.163. The van der Waals surface area contributed by atoms with Gasteiger partial charge in [-0.3, -0.25) is 9.59 Å². The van der Waals surface area contributed by atoms with Crippen LogP contribution in [-0.2, 0) is 9.63 Å². The second-order valence-corrected chi connectivity index (χ2v) is 5.04. The Morgan fingerprint density at radius 3 is 1.71 bits per heavy atom. The average Bonchev–Trinajstić information content (AvgIpc) is 2.63. The molecule has 0 bridgehead atoms. The first-order valence-corrected chi connectivity index (χ1v) is 7.60. The van der Waals surface area contributed by atoms with Gasteiger partial charge in [-0.25, -0.2) is 4.79 Å². The van der Waals surface area contributed by atoms with Crippen molar-refractivity contribution in [3.8, 4) is 0 Å². The molecule has 2 rings (SSSR count). The molecule has 24 heavy (non-hydrogen) atoms. The van der Waals surface area contributed by atoms with Gasteiger partial charge < -0.3 is 4.84 Å². The van der Waals surface area contributed by atoms with Gasteiger partial charge in [-0.2, -0.15) is 0 Å². The van der Waals surface area contributed by atoms with Gasteiger partial charge in [0.15, 0.2) is 5.71 Å². The molecule has 0 aromatic heterocycles. The number of hydrogen-bond donors (Lipinski definition) is 0. The van der Waals surface area contributed by atoms with Gasteiger partial charge >= 0.3 is 5.97 Å². The average molecular weight is 323 g/mol. The van der Waals surface area contributed by atoms with Gasteiger partial charge in [0.05, 0.1) is 0 Å². The molecule has 0 saturated heterocycles. The van der Waals surface area contributed by atoms with E-state index in [1.54, 1.807) is 60.7 Å². The topological polar surface area (TPSA) is 72.8 Å². The van der Waals surface area contributed by atoms with Crippen LogP contribution in [0.25, 0.3) is 0 Å². The van der Waals surface area contributed by atoms with Crippen LogP contribution in [0.4, 0.5) is 0 Å². The third-order valence-corrected chi connectivity index (χ3v) is 3.19. The third-order valence-electron chi connectivity index (χ3n) is 3.19. The molecule has 2 aromatic carbocycles. The SMILES string of the molecule is CCCC(=O)ON=C(C(=O)c1ccccc1)C(=O)c1ccccc1. The number of carbonyl (C=O) groups is 3. The molecule has 0 atom stereocenters. The van der Waals surface area contributed by atoms with E-state index in [9.17, 15) is 14.4 Å². The van der Waals surface area contributed by atoms with Crippen molar-refractivity contribution in [3.05, 3.63) is 71.8 Å². The third kappa shape index (κ3) is 4.46. The maximum Gasteiger partial charge on any atom is 0.335 e. The van der Waals surface area contributed by atoms with Gasteiger partial charge in [0.2, 0.25) is 11.6 Å². The predicted molar refractivity (Wildman–Crippen MR) is 90.0 cm³/mol. The van der Waals surface area contributed by atoms with Crippen LogP contribution in [0.2, 0.25) is 0 Å². The van der Waals surface area contributed by atoms with Crippen LogP contribution in [-0.4, -0.2) is 23.2 Å². The molecule has 0 radical (unpaired) electrons. The van der Waals surface area contributed by atoms with Crippen molar-refractivity contribution < 1.29 is 19.2 Å². The van der Waals surface area contributed by atoms with E-state index in [1.807, 2.05) is 6.92 Å². The summed E-state index contributed by atoms with van der Waals surface area (Å²) < 4.78 is 0. The number of hydrogen-bond acceptors (Lipinski definition) is 5. The van der Waals surface area contributed by atoms with Crippen LogP contribution in [0.5, 0.6) is 0 Å². The molecule has 5 heteroatoms. The van der Waals surface area contributed by atoms with Crippen molar-refractivity contribution in [1.29, 1.82) is 0 Å². The summed E-state index contributed by atoms with van der Waals surface area (Å²) in [4.78, 5) is 41.4. The second kappa shape index (κ2) is 8.53. The van der Waals surface area contributed by atoms with Crippen molar-refractivity contribution in [2.75, 3.05) is 0 Å². The molecule has 0 heterocycles. The van der Waals surface area contributed by atoms with E-state index < -0.39 is 23.2 Å². The molecule has 0 N–H and O–H groups in total. The molecule has 0 saturated carbocycles. The highest BCUT2D eigenvalue weighted by molar-refractivity contribution is 6.71. The lowest BCUT2D eigenvalue weighted by Gasteiger charge is -2.05. The number of ketones is 2. The van der Waals surface area contributed by atoms with Crippen LogP contribution < -0.4 is 0 Å². The Balaban J connectivity index is 2.34. The number of rotatable bonds is 7. The maximum atomic E-state index is 12.6. The van der Waals surface area contributed by atoms with E-state index >= 15 is 0 Å². The minimum Gasteiger partial charge on any atom is -0.317 e. The molecule has 0 aliphatic heterocycles. The molecule has 0 spiro atoms. The Bertz CT molecular complexity index is 698. The van der Waals surface area contributed by atoms with Gasteiger partial charge in [0, 0.05) is 17.5 Å². The number of benzene rings is 2. The lowest BCUT2D eigenvalue weighted by atomic mass is 9.99. The summed E-state index contributed by atoms with van der Waals surface area (Å²) in [6.45, 7) is 1.82. The van der Waals surface area contributed by atoms with E-state index in [-0.39, 0.29) is 6.42 Å². The van der Waals surface area contributed by atoms with Crippen molar-refractivity contribution in [2.24, 2.45) is 5.16 Å². The first-order valence-electron chi connectivity index (χ1n) is 7.60. The van der Waals surface area contributed by atoms with E-state index in [2.05, 4.69) is 5.16 Å². The smallest absolute Gasteiger partial charge is 0.317 e. The summed E-state index contributed by atoms with van der Waals surface area (Å²) in [5.41, 5.74) is 0.177. The second-order valence-electron chi connectivity index (χ2n) is 5.04. The van der Waals surface area contributed by atoms with Crippen LogP contribution in [0.1, 0.15) is 40.5 Å².